The second-order valence-corrected chi connectivity index (χ2v) is 4.92. The Labute approximate surface area is 88.7 Å². The van der Waals surface area contributed by atoms with Gasteiger partial charge in [-0.3, -0.25) is 0 Å². The molecule has 2 rings (SSSR count). The van der Waals surface area contributed by atoms with Crippen molar-refractivity contribution in [2.45, 2.75) is 26.2 Å². The summed E-state index contributed by atoms with van der Waals surface area (Å²) < 4.78 is 5.73. The summed E-state index contributed by atoms with van der Waals surface area (Å²) in [6, 6.07) is 7.75. The summed E-state index contributed by atoms with van der Waals surface area (Å²) in [6.45, 7) is 6.37. The molecule has 0 aliphatic rings. The normalized spacial score (nSPS) is 12.3. The van der Waals surface area contributed by atoms with Crippen LogP contribution in [0.3, 0.4) is 0 Å². The topological polar surface area (TPSA) is 13.1 Å². The molecular formula is C12H13ClO. The van der Waals surface area contributed by atoms with Crippen molar-refractivity contribution in [3.05, 3.63) is 35.0 Å². The maximum atomic E-state index is 6.06. The smallest absolute Gasteiger partial charge is 0.135 e. The standard InChI is InChI=1S/C12H13ClO/c1-12(2,3)11-7-8-9(13)5-4-6-10(8)14-11/h4-7H,1-3H3. The number of fused-ring (bicyclic) bond motifs is 1. The van der Waals surface area contributed by atoms with Gasteiger partial charge in [-0.1, -0.05) is 38.4 Å². The van der Waals surface area contributed by atoms with Gasteiger partial charge in [-0.15, -0.1) is 0 Å². The third-order valence-electron chi connectivity index (χ3n) is 2.25. The molecule has 0 saturated carbocycles. The molecule has 14 heavy (non-hydrogen) atoms. The van der Waals surface area contributed by atoms with E-state index in [2.05, 4.69) is 20.8 Å². The second-order valence-electron chi connectivity index (χ2n) is 4.51. The van der Waals surface area contributed by atoms with Gasteiger partial charge < -0.3 is 4.42 Å². The van der Waals surface area contributed by atoms with Crippen LogP contribution in [-0.4, -0.2) is 0 Å². The Hall–Kier alpha value is -0.950. The van der Waals surface area contributed by atoms with Crippen LogP contribution in [0.5, 0.6) is 0 Å². The minimum atomic E-state index is 0.0301. The van der Waals surface area contributed by atoms with Crippen LogP contribution in [-0.2, 0) is 5.41 Å². The first-order valence-corrected chi connectivity index (χ1v) is 5.05. The van der Waals surface area contributed by atoms with Crippen molar-refractivity contribution in [2.75, 3.05) is 0 Å². The van der Waals surface area contributed by atoms with Gasteiger partial charge in [0.1, 0.15) is 11.3 Å². The van der Waals surface area contributed by atoms with Crippen molar-refractivity contribution in [1.82, 2.24) is 0 Å². The maximum absolute atomic E-state index is 6.06. The lowest BCUT2D eigenvalue weighted by Gasteiger charge is -2.13. The molecule has 0 aliphatic carbocycles. The zero-order valence-electron chi connectivity index (χ0n) is 8.60. The molecule has 1 aromatic heterocycles. The van der Waals surface area contributed by atoms with Gasteiger partial charge in [-0.05, 0) is 18.2 Å². The first kappa shape index (κ1) is 9.60. The largest absolute Gasteiger partial charge is 0.460 e. The van der Waals surface area contributed by atoms with Crippen LogP contribution in [0.4, 0.5) is 0 Å². The highest BCUT2D eigenvalue weighted by Crippen LogP contribution is 2.32. The van der Waals surface area contributed by atoms with E-state index in [0.29, 0.717) is 0 Å². The Morgan fingerprint density at radius 3 is 2.50 bits per heavy atom. The van der Waals surface area contributed by atoms with Crippen molar-refractivity contribution >= 4 is 22.6 Å². The molecule has 0 bridgehead atoms. The molecular weight excluding hydrogens is 196 g/mol. The van der Waals surface area contributed by atoms with E-state index in [9.17, 15) is 0 Å². The predicted octanol–water partition coefficient (Wildman–Crippen LogP) is 4.38. The molecule has 0 spiro atoms. The minimum absolute atomic E-state index is 0.0301. The van der Waals surface area contributed by atoms with Gasteiger partial charge in [-0.25, -0.2) is 0 Å². The van der Waals surface area contributed by atoms with E-state index in [1.54, 1.807) is 0 Å². The summed E-state index contributed by atoms with van der Waals surface area (Å²) in [7, 11) is 0. The Morgan fingerprint density at radius 1 is 1.21 bits per heavy atom. The first-order valence-electron chi connectivity index (χ1n) is 4.67. The quantitative estimate of drug-likeness (QED) is 0.626. The molecule has 0 fully saturated rings. The lowest BCUT2D eigenvalue weighted by atomic mass is 9.93. The third kappa shape index (κ3) is 1.53. The summed E-state index contributed by atoms with van der Waals surface area (Å²) in [6.07, 6.45) is 0. The van der Waals surface area contributed by atoms with Gasteiger partial charge in [0.05, 0.1) is 5.02 Å². The number of hydrogen-bond donors (Lipinski definition) is 0. The highest BCUT2D eigenvalue weighted by Gasteiger charge is 2.19. The average Bonchev–Trinajstić information content (AvgIpc) is 2.48. The van der Waals surface area contributed by atoms with Crippen LogP contribution < -0.4 is 0 Å². The number of rotatable bonds is 0. The van der Waals surface area contributed by atoms with E-state index in [1.165, 1.54) is 0 Å². The Bertz CT molecular complexity index is 463. The number of hydrogen-bond acceptors (Lipinski definition) is 1. The summed E-state index contributed by atoms with van der Waals surface area (Å²) in [5.74, 6) is 0.973. The number of furan rings is 1. The van der Waals surface area contributed by atoms with Gasteiger partial charge in [-0.2, -0.15) is 0 Å². The predicted molar refractivity (Wildman–Crippen MR) is 59.9 cm³/mol. The van der Waals surface area contributed by atoms with Crippen LogP contribution in [0.2, 0.25) is 5.02 Å². The molecule has 0 aliphatic heterocycles. The van der Waals surface area contributed by atoms with Crippen molar-refractivity contribution in [3.8, 4) is 0 Å². The molecule has 0 atom stereocenters. The average molecular weight is 209 g/mol. The van der Waals surface area contributed by atoms with Gasteiger partial charge in [0.15, 0.2) is 0 Å². The third-order valence-corrected chi connectivity index (χ3v) is 2.58. The highest BCUT2D eigenvalue weighted by atomic mass is 35.5. The molecule has 74 valence electrons. The molecule has 1 aromatic carbocycles. The molecule has 2 aromatic rings. The summed E-state index contributed by atoms with van der Waals surface area (Å²) in [5, 5.41) is 1.75. The van der Waals surface area contributed by atoms with Crippen molar-refractivity contribution in [3.63, 3.8) is 0 Å². The summed E-state index contributed by atoms with van der Waals surface area (Å²) >= 11 is 6.06. The fourth-order valence-electron chi connectivity index (χ4n) is 1.39. The molecule has 0 unspecified atom stereocenters. The molecule has 0 amide bonds. The summed E-state index contributed by atoms with van der Waals surface area (Å²) in [5.41, 5.74) is 0.893. The SMILES string of the molecule is CC(C)(C)c1cc2c(Cl)cccc2o1. The molecule has 2 heteroatoms. The lowest BCUT2D eigenvalue weighted by molar-refractivity contribution is 0.430. The Kier molecular flexibility index (Phi) is 2.07. The van der Waals surface area contributed by atoms with Crippen molar-refractivity contribution in [1.29, 1.82) is 0 Å². The second kappa shape index (κ2) is 3.03. The van der Waals surface area contributed by atoms with E-state index in [4.69, 9.17) is 16.0 Å². The lowest BCUT2D eigenvalue weighted by Crippen LogP contribution is -2.08. The fraction of sp³-hybridized carbons (Fsp3) is 0.333. The Balaban J connectivity index is 2.69. The van der Waals surface area contributed by atoms with Crippen LogP contribution in [0.1, 0.15) is 26.5 Å². The first-order chi connectivity index (χ1) is 6.48. The molecule has 1 heterocycles. The molecule has 0 N–H and O–H groups in total. The zero-order chi connectivity index (χ0) is 10.3. The maximum Gasteiger partial charge on any atom is 0.135 e. The molecule has 0 radical (unpaired) electrons. The van der Waals surface area contributed by atoms with Gasteiger partial charge in [0.2, 0.25) is 0 Å². The van der Waals surface area contributed by atoms with E-state index in [1.807, 2.05) is 24.3 Å². The number of benzene rings is 1. The van der Waals surface area contributed by atoms with Crippen molar-refractivity contribution < 1.29 is 4.42 Å². The van der Waals surface area contributed by atoms with Crippen molar-refractivity contribution in [2.24, 2.45) is 0 Å². The van der Waals surface area contributed by atoms with Gasteiger partial charge >= 0.3 is 0 Å². The van der Waals surface area contributed by atoms with Crippen LogP contribution in [0.15, 0.2) is 28.7 Å². The van der Waals surface area contributed by atoms with E-state index in [0.717, 1.165) is 21.8 Å². The van der Waals surface area contributed by atoms with E-state index in [-0.39, 0.29) is 5.41 Å². The summed E-state index contributed by atoms with van der Waals surface area (Å²) in [4.78, 5) is 0. The fourth-order valence-corrected chi connectivity index (χ4v) is 1.62. The number of halogens is 1. The van der Waals surface area contributed by atoms with E-state index < -0.39 is 0 Å². The minimum Gasteiger partial charge on any atom is -0.460 e. The Morgan fingerprint density at radius 2 is 1.93 bits per heavy atom. The van der Waals surface area contributed by atoms with Crippen LogP contribution in [0, 0.1) is 0 Å². The van der Waals surface area contributed by atoms with E-state index >= 15 is 0 Å². The van der Waals surface area contributed by atoms with Crippen LogP contribution in [0.25, 0.3) is 11.0 Å². The van der Waals surface area contributed by atoms with Crippen LogP contribution >= 0.6 is 11.6 Å². The monoisotopic (exact) mass is 208 g/mol. The zero-order valence-corrected chi connectivity index (χ0v) is 9.35. The highest BCUT2D eigenvalue weighted by molar-refractivity contribution is 6.35. The molecule has 1 nitrogen and oxygen atoms in total. The van der Waals surface area contributed by atoms with Gasteiger partial charge in [0.25, 0.3) is 0 Å². The van der Waals surface area contributed by atoms with Gasteiger partial charge in [0, 0.05) is 10.8 Å². The molecule has 0 saturated heterocycles.